The normalized spacial score (nSPS) is 7.88. The van der Waals surface area contributed by atoms with E-state index in [1.165, 1.54) is 0 Å². The summed E-state index contributed by atoms with van der Waals surface area (Å²) in [6.07, 6.45) is 0. The molecule has 0 unspecified atom stereocenters. The summed E-state index contributed by atoms with van der Waals surface area (Å²) in [4.78, 5) is 0. The molecule has 2 aromatic rings. The minimum Gasteiger partial charge on any atom is -0.202 e. The van der Waals surface area contributed by atoms with Crippen LogP contribution in [-0.2, 0) is 0 Å². The Balaban J connectivity index is 0.000000606. The molecular formula is C15H11N. The summed E-state index contributed by atoms with van der Waals surface area (Å²) in [6.45, 7) is 3.50. The second-order valence-electron chi connectivity index (χ2n) is 2.98. The molecule has 16 heavy (non-hydrogen) atoms. The van der Waals surface area contributed by atoms with E-state index in [0.717, 1.165) is 11.1 Å². The summed E-state index contributed by atoms with van der Waals surface area (Å²) in [6, 6.07) is 20.0. The fraction of sp³-hybridized carbons (Fsp3) is 0. The fourth-order valence-electron chi connectivity index (χ4n) is 1.19. The molecule has 0 heterocycles. The number of rotatable bonds is 0. The van der Waals surface area contributed by atoms with Crippen molar-refractivity contribution >= 4 is 0 Å². The highest BCUT2D eigenvalue weighted by molar-refractivity contribution is 5.42. The smallest absolute Gasteiger partial charge is 0.0462 e. The van der Waals surface area contributed by atoms with Crippen LogP contribution in [0.2, 0.25) is 0 Å². The third-order valence-corrected chi connectivity index (χ3v) is 1.90. The molecule has 0 saturated heterocycles. The first-order valence-electron chi connectivity index (χ1n) is 4.83. The highest BCUT2D eigenvalue weighted by Gasteiger charge is 1.83. The van der Waals surface area contributed by atoms with E-state index in [0.29, 0.717) is 0 Å². The number of nitriles is 1. The molecule has 0 atom stereocenters. The Morgan fingerprint density at radius 2 is 0.938 bits per heavy atom. The zero-order valence-corrected chi connectivity index (χ0v) is 8.80. The second kappa shape index (κ2) is 6.87. The molecule has 76 valence electrons. The lowest BCUT2D eigenvalue weighted by Gasteiger charge is -1.88. The molecule has 0 aliphatic rings. The van der Waals surface area contributed by atoms with E-state index in [2.05, 4.69) is 18.4 Å². The van der Waals surface area contributed by atoms with E-state index in [4.69, 9.17) is 5.26 Å². The predicted octanol–water partition coefficient (Wildman–Crippen LogP) is 3.23. The van der Waals surface area contributed by atoms with Crippen molar-refractivity contribution in [3.05, 3.63) is 71.8 Å². The van der Waals surface area contributed by atoms with Gasteiger partial charge in [-0.1, -0.05) is 48.2 Å². The highest BCUT2D eigenvalue weighted by atomic mass is 14.2. The third kappa shape index (κ3) is 3.70. The molecular weight excluding hydrogens is 194 g/mol. The molecule has 2 aromatic carbocycles. The number of hydrogen-bond acceptors (Lipinski definition) is 1. The van der Waals surface area contributed by atoms with Crippen LogP contribution >= 0.6 is 0 Å². The van der Waals surface area contributed by atoms with Gasteiger partial charge in [0.05, 0.1) is 0 Å². The SMILES string of the molecule is C#N.C(#Cc1ccccc1)c1ccccc1. The Hall–Kier alpha value is -2.51. The van der Waals surface area contributed by atoms with Gasteiger partial charge >= 0.3 is 0 Å². The molecule has 1 heteroatoms. The largest absolute Gasteiger partial charge is 0.202 e. The van der Waals surface area contributed by atoms with Crippen molar-refractivity contribution < 1.29 is 0 Å². The van der Waals surface area contributed by atoms with Crippen molar-refractivity contribution in [2.75, 3.05) is 0 Å². The molecule has 0 amide bonds. The van der Waals surface area contributed by atoms with Crippen LogP contribution in [0, 0.1) is 23.7 Å². The van der Waals surface area contributed by atoms with Gasteiger partial charge in [-0.3, -0.25) is 0 Å². The number of nitrogens with zero attached hydrogens (tertiary/aromatic N) is 1. The first kappa shape index (κ1) is 11.6. The molecule has 0 bridgehead atoms. The lowest BCUT2D eigenvalue weighted by atomic mass is 10.2. The van der Waals surface area contributed by atoms with E-state index in [1.807, 2.05) is 60.7 Å². The summed E-state index contributed by atoms with van der Waals surface area (Å²) in [7, 11) is 0. The van der Waals surface area contributed by atoms with Crippen LogP contribution in [0.4, 0.5) is 0 Å². The zero-order chi connectivity index (χ0) is 11.6. The molecule has 2 rings (SSSR count). The van der Waals surface area contributed by atoms with Gasteiger partial charge in [-0.2, -0.15) is 0 Å². The maximum atomic E-state index is 6.50. The van der Waals surface area contributed by atoms with E-state index < -0.39 is 0 Å². The monoisotopic (exact) mass is 205 g/mol. The average molecular weight is 205 g/mol. The fourth-order valence-corrected chi connectivity index (χ4v) is 1.19. The molecule has 0 spiro atoms. The van der Waals surface area contributed by atoms with Crippen LogP contribution in [0.1, 0.15) is 11.1 Å². The maximum Gasteiger partial charge on any atom is 0.0462 e. The topological polar surface area (TPSA) is 23.8 Å². The van der Waals surface area contributed by atoms with Crippen LogP contribution in [0.15, 0.2) is 60.7 Å². The second-order valence-corrected chi connectivity index (χ2v) is 2.98. The third-order valence-electron chi connectivity index (χ3n) is 1.90. The van der Waals surface area contributed by atoms with Gasteiger partial charge in [0.15, 0.2) is 0 Å². The lowest BCUT2D eigenvalue weighted by molar-refractivity contribution is 1.58. The highest BCUT2D eigenvalue weighted by Crippen LogP contribution is 1.98. The van der Waals surface area contributed by atoms with Gasteiger partial charge in [0, 0.05) is 17.7 Å². The van der Waals surface area contributed by atoms with E-state index in [9.17, 15) is 0 Å². The summed E-state index contributed by atoms with van der Waals surface area (Å²) < 4.78 is 0. The Morgan fingerprint density at radius 1 is 0.625 bits per heavy atom. The van der Waals surface area contributed by atoms with E-state index >= 15 is 0 Å². The van der Waals surface area contributed by atoms with Crippen LogP contribution in [-0.4, -0.2) is 0 Å². The predicted molar refractivity (Wildman–Crippen MR) is 65.5 cm³/mol. The number of benzene rings is 2. The Morgan fingerprint density at radius 3 is 1.25 bits per heavy atom. The first-order chi connectivity index (χ1) is 7.95. The van der Waals surface area contributed by atoms with Crippen LogP contribution in [0.25, 0.3) is 0 Å². The molecule has 0 N–H and O–H groups in total. The van der Waals surface area contributed by atoms with Gasteiger partial charge in [-0.15, -0.1) is 0 Å². The van der Waals surface area contributed by atoms with Crippen molar-refractivity contribution in [3.63, 3.8) is 0 Å². The van der Waals surface area contributed by atoms with Gasteiger partial charge in [0.1, 0.15) is 0 Å². The molecule has 1 nitrogen and oxygen atoms in total. The van der Waals surface area contributed by atoms with Crippen molar-refractivity contribution in [1.82, 2.24) is 0 Å². The summed E-state index contributed by atoms with van der Waals surface area (Å²) in [5.41, 5.74) is 2.10. The van der Waals surface area contributed by atoms with Crippen molar-refractivity contribution in [2.24, 2.45) is 0 Å². The number of hydrogen-bond donors (Lipinski definition) is 0. The molecule has 0 aliphatic heterocycles. The maximum absolute atomic E-state index is 6.50. The molecule has 0 aliphatic carbocycles. The quantitative estimate of drug-likeness (QED) is 0.606. The van der Waals surface area contributed by atoms with Gasteiger partial charge in [0.25, 0.3) is 0 Å². The Labute approximate surface area is 96.0 Å². The minimum absolute atomic E-state index is 1.05. The minimum atomic E-state index is 1.05. The van der Waals surface area contributed by atoms with Gasteiger partial charge < -0.3 is 0 Å². The van der Waals surface area contributed by atoms with Gasteiger partial charge in [-0.05, 0) is 24.3 Å². The van der Waals surface area contributed by atoms with Crippen molar-refractivity contribution in [2.45, 2.75) is 0 Å². The Kier molecular flexibility index (Phi) is 4.97. The summed E-state index contributed by atoms with van der Waals surface area (Å²) in [5.74, 6) is 6.22. The van der Waals surface area contributed by atoms with Crippen LogP contribution < -0.4 is 0 Å². The van der Waals surface area contributed by atoms with Gasteiger partial charge in [0.2, 0.25) is 0 Å². The van der Waals surface area contributed by atoms with Gasteiger partial charge in [-0.25, -0.2) is 5.26 Å². The molecule has 0 saturated carbocycles. The standard InChI is InChI=1S/C14H10.CHN/c1-3-7-13(8-4-1)11-12-14-9-5-2-6-10-14;1-2/h1-10H;1H. The molecule has 0 fully saturated rings. The lowest BCUT2D eigenvalue weighted by Crippen LogP contribution is -1.73. The summed E-state index contributed by atoms with van der Waals surface area (Å²) in [5, 5.41) is 6.50. The van der Waals surface area contributed by atoms with Crippen molar-refractivity contribution in [1.29, 1.82) is 5.26 Å². The van der Waals surface area contributed by atoms with Crippen LogP contribution in [0.5, 0.6) is 0 Å². The van der Waals surface area contributed by atoms with E-state index in [1.54, 1.807) is 0 Å². The average Bonchev–Trinajstić information content (AvgIpc) is 2.41. The van der Waals surface area contributed by atoms with Crippen LogP contribution in [0.3, 0.4) is 0 Å². The van der Waals surface area contributed by atoms with Crippen molar-refractivity contribution in [3.8, 4) is 18.4 Å². The molecule has 0 aromatic heterocycles. The summed E-state index contributed by atoms with van der Waals surface area (Å²) >= 11 is 0. The Bertz CT molecular complexity index is 443. The molecule has 0 radical (unpaired) electrons. The van der Waals surface area contributed by atoms with E-state index in [-0.39, 0.29) is 0 Å². The first-order valence-corrected chi connectivity index (χ1v) is 4.83. The zero-order valence-electron chi connectivity index (χ0n) is 8.80.